The van der Waals surface area contributed by atoms with Crippen molar-refractivity contribution in [2.45, 2.75) is 33.1 Å². The van der Waals surface area contributed by atoms with Gasteiger partial charge in [-0.05, 0) is 29.5 Å². The highest BCUT2D eigenvalue weighted by atomic mass is 16.5. The fourth-order valence-electron chi connectivity index (χ4n) is 1.88. The van der Waals surface area contributed by atoms with Gasteiger partial charge in [-0.2, -0.15) is 0 Å². The molecular formula is C16H28NO2+. The molecule has 1 aromatic carbocycles. The third-order valence-corrected chi connectivity index (χ3v) is 3.15. The van der Waals surface area contributed by atoms with Crippen LogP contribution in [0.15, 0.2) is 18.2 Å². The molecule has 0 saturated heterocycles. The molecular weight excluding hydrogens is 238 g/mol. The fraction of sp³-hybridized carbons (Fsp3) is 0.625. The number of quaternary nitrogens is 1. The van der Waals surface area contributed by atoms with Gasteiger partial charge in [0.25, 0.3) is 0 Å². The van der Waals surface area contributed by atoms with Crippen LogP contribution in [0.25, 0.3) is 0 Å². The van der Waals surface area contributed by atoms with Crippen LogP contribution in [0.3, 0.4) is 0 Å². The number of nitrogens with two attached hydrogens (primary N) is 1. The molecule has 19 heavy (non-hydrogen) atoms. The first-order chi connectivity index (χ1) is 8.95. The number of hydrogen-bond acceptors (Lipinski definition) is 2. The quantitative estimate of drug-likeness (QED) is 0.765. The topological polar surface area (TPSA) is 35.1 Å². The van der Waals surface area contributed by atoms with Crippen molar-refractivity contribution in [3.63, 3.8) is 0 Å². The molecule has 0 aliphatic heterocycles. The molecule has 3 nitrogen and oxygen atoms in total. The summed E-state index contributed by atoms with van der Waals surface area (Å²) in [6, 6.07) is 6.48. The molecule has 0 aromatic heterocycles. The van der Waals surface area contributed by atoms with Crippen LogP contribution in [-0.4, -0.2) is 33.4 Å². The van der Waals surface area contributed by atoms with E-state index in [-0.39, 0.29) is 5.41 Å². The monoisotopic (exact) mass is 266 g/mol. The van der Waals surface area contributed by atoms with Crippen LogP contribution in [0.4, 0.5) is 0 Å². The Morgan fingerprint density at radius 3 is 2.37 bits per heavy atom. The Balaban J connectivity index is 2.43. The highest BCUT2D eigenvalue weighted by Gasteiger charge is 2.14. The van der Waals surface area contributed by atoms with Crippen molar-refractivity contribution in [2.24, 2.45) is 0 Å². The van der Waals surface area contributed by atoms with Gasteiger partial charge < -0.3 is 14.8 Å². The van der Waals surface area contributed by atoms with Gasteiger partial charge in [0.15, 0.2) is 0 Å². The highest BCUT2D eigenvalue weighted by molar-refractivity contribution is 5.38. The molecule has 1 rings (SSSR count). The van der Waals surface area contributed by atoms with E-state index in [0.29, 0.717) is 0 Å². The van der Waals surface area contributed by atoms with Gasteiger partial charge in [-0.1, -0.05) is 32.9 Å². The Hall–Kier alpha value is -1.06. The molecule has 0 fully saturated rings. The zero-order chi connectivity index (χ0) is 14.3. The third kappa shape index (κ3) is 5.62. The van der Waals surface area contributed by atoms with E-state index in [1.54, 1.807) is 7.11 Å². The van der Waals surface area contributed by atoms with Crippen LogP contribution < -0.4 is 10.1 Å². The number of aryl methyl sites for hydroxylation is 1. The van der Waals surface area contributed by atoms with Crippen molar-refractivity contribution >= 4 is 0 Å². The average Bonchev–Trinajstić information content (AvgIpc) is 2.34. The molecule has 0 heterocycles. The Bertz CT molecular complexity index is 383. The summed E-state index contributed by atoms with van der Waals surface area (Å²) >= 11 is 0. The minimum atomic E-state index is 0.192. The summed E-state index contributed by atoms with van der Waals surface area (Å²) in [7, 11) is 1.73. The maximum atomic E-state index is 5.81. The molecule has 0 atom stereocenters. The first kappa shape index (κ1) is 16.0. The van der Waals surface area contributed by atoms with E-state index >= 15 is 0 Å². The van der Waals surface area contributed by atoms with Gasteiger partial charge in [0.1, 0.15) is 18.9 Å². The lowest BCUT2D eigenvalue weighted by Gasteiger charge is -2.20. The van der Waals surface area contributed by atoms with E-state index in [0.717, 1.165) is 32.1 Å². The van der Waals surface area contributed by atoms with Gasteiger partial charge in [-0.25, -0.2) is 0 Å². The van der Waals surface area contributed by atoms with E-state index in [4.69, 9.17) is 9.47 Å². The zero-order valence-corrected chi connectivity index (χ0v) is 13.0. The zero-order valence-electron chi connectivity index (χ0n) is 13.0. The molecule has 0 bridgehead atoms. The number of benzene rings is 1. The Morgan fingerprint density at radius 1 is 1.11 bits per heavy atom. The van der Waals surface area contributed by atoms with Crippen molar-refractivity contribution in [1.29, 1.82) is 0 Å². The number of rotatable bonds is 7. The van der Waals surface area contributed by atoms with Gasteiger partial charge in [0, 0.05) is 7.11 Å². The second-order valence-corrected chi connectivity index (χ2v) is 5.94. The lowest BCUT2D eigenvalue weighted by molar-refractivity contribution is -0.656. The van der Waals surface area contributed by atoms with Crippen LogP contribution in [-0.2, 0) is 10.2 Å². The number of ether oxygens (including phenoxy) is 2. The summed E-state index contributed by atoms with van der Waals surface area (Å²) in [4.78, 5) is 0. The largest absolute Gasteiger partial charge is 0.487 e. The summed E-state index contributed by atoms with van der Waals surface area (Å²) in [5.74, 6) is 0.994. The normalized spacial score (nSPS) is 11.6. The molecule has 0 saturated carbocycles. The second-order valence-electron chi connectivity index (χ2n) is 5.94. The highest BCUT2D eigenvalue weighted by Crippen LogP contribution is 2.27. The standard InChI is InChI=1S/C16H27NO2/c1-13-12-14(16(2,3)4)6-7-15(13)19-11-9-17-8-10-18-5/h6-7,12,17H,8-11H2,1-5H3/p+1. The van der Waals surface area contributed by atoms with Gasteiger partial charge >= 0.3 is 0 Å². The van der Waals surface area contributed by atoms with Gasteiger partial charge in [-0.3, -0.25) is 0 Å². The minimum absolute atomic E-state index is 0.192. The molecule has 0 aliphatic rings. The van der Waals surface area contributed by atoms with Gasteiger partial charge in [-0.15, -0.1) is 0 Å². The maximum absolute atomic E-state index is 5.81. The molecule has 0 aliphatic carbocycles. The first-order valence-electron chi connectivity index (χ1n) is 6.99. The Morgan fingerprint density at radius 2 is 1.79 bits per heavy atom. The number of hydrogen-bond donors (Lipinski definition) is 1. The second kappa shape index (κ2) is 7.51. The Labute approximate surface area is 117 Å². The molecule has 0 unspecified atom stereocenters. The molecule has 2 N–H and O–H groups in total. The summed E-state index contributed by atoms with van der Waals surface area (Å²) in [5, 5.41) is 2.21. The fourth-order valence-corrected chi connectivity index (χ4v) is 1.88. The van der Waals surface area contributed by atoms with Crippen LogP contribution in [0.1, 0.15) is 31.9 Å². The van der Waals surface area contributed by atoms with Crippen molar-refractivity contribution in [3.05, 3.63) is 29.3 Å². The summed E-state index contributed by atoms with van der Waals surface area (Å²) in [6.07, 6.45) is 0. The van der Waals surface area contributed by atoms with Crippen molar-refractivity contribution in [2.75, 3.05) is 33.4 Å². The first-order valence-corrected chi connectivity index (χ1v) is 6.99. The molecule has 0 amide bonds. The van der Waals surface area contributed by atoms with Crippen LogP contribution in [0.5, 0.6) is 5.75 Å². The van der Waals surface area contributed by atoms with E-state index in [1.807, 2.05) is 0 Å². The van der Waals surface area contributed by atoms with Crippen LogP contribution in [0.2, 0.25) is 0 Å². The molecule has 0 radical (unpaired) electrons. The van der Waals surface area contributed by atoms with Crippen molar-refractivity contribution in [1.82, 2.24) is 0 Å². The SMILES string of the molecule is COCC[NH2+]CCOc1ccc(C(C)(C)C)cc1C. The van der Waals surface area contributed by atoms with Crippen LogP contribution >= 0.6 is 0 Å². The summed E-state index contributed by atoms with van der Waals surface area (Å²) in [6.45, 7) is 12.3. The summed E-state index contributed by atoms with van der Waals surface area (Å²) < 4.78 is 10.8. The van der Waals surface area contributed by atoms with E-state index in [9.17, 15) is 0 Å². The van der Waals surface area contributed by atoms with Crippen molar-refractivity contribution < 1.29 is 14.8 Å². The summed E-state index contributed by atoms with van der Waals surface area (Å²) in [5.41, 5.74) is 2.75. The lowest BCUT2D eigenvalue weighted by Crippen LogP contribution is -2.86. The predicted molar refractivity (Wildman–Crippen MR) is 78.9 cm³/mol. The minimum Gasteiger partial charge on any atom is -0.487 e. The molecule has 3 heteroatoms. The molecule has 0 spiro atoms. The van der Waals surface area contributed by atoms with Crippen molar-refractivity contribution in [3.8, 4) is 5.75 Å². The molecule has 108 valence electrons. The maximum Gasteiger partial charge on any atom is 0.137 e. The van der Waals surface area contributed by atoms with E-state index in [2.05, 4.69) is 51.2 Å². The predicted octanol–water partition coefficient (Wildman–Crippen LogP) is 1.88. The number of methoxy groups -OCH3 is 1. The average molecular weight is 266 g/mol. The third-order valence-electron chi connectivity index (χ3n) is 3.15. The van der Waals surface area contributed by atoms with Gasteiger partial charge in [0.05, 0.1) is 13.2 Å². The van der Waals surface area contributed by atoms with Gasteiger partial charge in [0.2, 0.25) is 0 Å². The Kier molecular flexibility index (Phi) is 6.32. The lowest BCUT2D eigenvalue weighted by atomic mass is 9.86. The van der Waals surface area contributed by atoms with E-state index in [1.165, 1.54) is 11.1 Å². The van der Waals surface area contributed by atoms with Crippen LogP contribution in [0, 0.1) is 6.92 Å². The van der Waals surface area contributed by atoms with E-state index < -0.39 is 0 Å². The smallest absolute Gasteiger partial charge is 0.137 e. The molecule has 1 aromatic rings.